The maximum absolute atomic E-state index is 11.5. The topological polar surface area (TPSA) is 35.5 Å². The van der Waals surface area contributed by atoms with Gasteiger partial charge in [0.05, 0.1) is 25.5 Å². The zero-order valence-corrected chi connectivity index (χ0v) is 10.8. The van der Waals surface area contributed by atoms with Crippen LogP contribution in [0.4, 0.5) is 0 Å². The van der Waals surface area contributed by atoms with Gasteiger partial charge in [0.2, 0.25) is 0 Å². The molecule has 4 heteroatoms. The van der Waals surface area contributed by atoms with Crippen LogP contribution in [0.3, 0.4) is 0 Å². The highest BCUT2D eigenvalue weighted by molar-refractivity contribution is 9.10. The van der Waals surface area contributed by atoms with E-state index in [4.69, 9.17) is 9.47 Å². The van der Waals surface area contributed by atoms with Gasteiger partial charge < -0.3 is 9.47 Å². The van der Waals surface area contributed by atoms with Crippen LogP contribution in [0.15, 0.2) is 28.9 Å². The predicted octanol–water partition coefficient (Wildman–Crippen LogP) is 3.24. The van der Waals surface area contributed by atoms with E-state index in [2.05, 4.69) is 15.9 Å². The summed E-state index contributed by atoms with van der Waals surface area (Å²) in [5.41, 5.74) is 1.26. The lowest BCUT2D eigenvalue weighted by molar-refractivity contribution is 0.0600. The highest BCUT2D eigenvalue weighted by Gasteiger charge is 2.11. The normalized spacial score (nSPS) is 10.4. The highest BCUT2D eigenvalue weighted by Crippen LogP contribution is 2.22. The number of hydrogen-bond acceptors (Lipinski definition) is 3. The van der Waals surface area contributed by atoms with Crippen LogP contribution < -0.4 is 0 Å². The van der Waals surface area contributed by atoms with Gasteiger partial charge in [0, 0.05) is 10.0 Å². The lowest BCUT2D eigenvalue weighted by atomic mass is 10.1. The molecule has 0 saturated heterocycles. The summed E-state index contributed by atoms with van der Waals surface area (Å²) in [6, 6.07) is 5.36. The third-order valence-electron chi connectivity index (χ3n) is 1.96. The molecule has 0 heterocycles. The number of carbonyl (C=O) groups excluding carboxylic acids is 1. The van der Waals surface area contributed by atoms with Crippen molar-refractivity contribution in [2.24, 2.45) is 0 Å². The van der Waals surface area contributed by atoms with Crippen molar-refractivity contribution in [2.45, 2.75) is 6.92 Å². The second kappa shape index (κ2) is 6.33. The lowest BCUT2D eigenvalue weighted by Crippen LogP contribution is -2.03. The van der Waals surface area contributed by atoms with Crippen LogP contribution in [0, 0.1) is 0 Å². The zero-order chi connectivity index (χ0) is 12.0. The van der Waals surface area contributed by atoms with Crippen LogP contribution in [-0.2, 0) is 9.47 Å². The molecule has 1 aromatic carbocycles. The summed E-state index contributed by atoms with van der Waals surface area (Å²) in [5.74, 6) is -0.363. The maximum Gasteiger partial charge on any atom is 0.338 e. The van der Waals surface area contributed by atoms with Crippen molar-refractivity contribution < 1.29 is 14.3 Å². The van der Waals surface area contributed by atoms with Gasteiger partial charge in [0.25, 0.3) is 0 Å². The van der Waals surface area contributed by atoms with Crippen molar-refractivity contribution in [2.75, 3.05) is 13.7 Å². The first-order chi connectivity index (χ1) is 7.70. The number of hydrogen-bond donors (Lipinski definition) is 0. The molecule has 0 bridgehead atoms. The van der Waals surface area contributed by atoms with E-state index in [-0.39, 0.29) is 5.97 Å². The Labute approximate surface area is 103 Å². The molecule has 86 valence electrons. The second-order valence-electron chi connectivity index (χ2n) is 2.95. The standard InChI is InChI=1S/C12H13BrO3/c1-3-16-8-7-9-10(12(14)15-2)5-4-6-11(9)13/h4-8H,3H2,1-2H3/b8-7+. The van der Waals surface area contributed by atoms with Gasteiger partial charge in [0.1, 0.15) is 0 Å². The van der Waals surface area contributed by atoms with E-state index in [1.807, 2.05) is 13.0 Å². The number of esters is 1. The highest BCUT2D eigenvalue weighted by atomic mass is 79.9. The number of ether oxygens (including phenoxy) is 2. The molecule has 0 aromatic heterocycles. The molecule has 0 aliphatic rings. The first-order valence-corrected chi connectivity index (χ1v) is 5.65. The minimum Gasteiger partial charge on any atom is -0.501 e. The van der Waals surface area contributed by atoms with Crippen LogP contribution in [0.2, 0.25) is 0 Å². The molecule has 0 saturated carbocycles. The summed E-state index contributed by atoms with van der Waals surface area (Å²) >= 11 is 3.38. The number of benzene rings is 1. The minimum atomic E-state index is -0.363. The number of halogens is 1. The van der Waals surface area contributed by atoms with E-state index in [1.165, 1.54) is 7.11 Å². The Morgan fingerprint density at radius 1 is 1.50 bits per heavy atom. The molecule has 16 heavy (non-hydrogen) atoms. The Morgan fingerprint density at radius 2 is 2.25 bits per heavy atom. The summed E-state index contributed by atoms with van der Waals surface area (Å²) < 4.78 is 10.6. The van der Waals surface area contributed by atoms with Crippen molar-refractivity contribution in [1.29, 1.82) is 0 Å². The molecule has 3 nitrogen and oxygen atoms in total. The Hall–Kier alpha value is -1.29. The van der Waals surface area contributed by atoms with Crippen molar-refractivity contribution >= 4 is 28.0 Å². The Kier molecular flexibility index (Phi) is 5.05. The average molecular weight is 285 g/mol. The predicted molar refractivity (Wildman–Crippen MR) is 66.1 cm³/mol. The van der Waals surface area contributed by atoms with E-state index < -0.39 is 0 Å². The zero-order valence-electron chi connectivity index (χ0n) is 9.20. The molecular weight excluding hydrogens is 272 g/mol. The van der Waals surface area contributed by atoms with Crippen LogP contribution in [-0.4, -0.2) is 19.7 Å². The van der Waals surface area contributed by atoms with E-state index in [0.29, 0.717) is 12.2 Å². The van der Waals surface area contributed by atoms with Gasteiger partial charge >= 0.3 is 5.97 Å². The quantitative estimate of drug-likeness (QED) is 0.629. The SMILES string of the molecule is CCO/C=C/c1c(Br)cccc1C(=O)OC. The van der Waals surface area contributed by atoms with Crippen LogP contribution in [0.1, 0.15) is 22.8 Å². The molecule has 0 spiro atoms. The smallest absolute Gasteiger partial charge is 0.338 e. The van der Waals surface area contributed by atoms with E-state index >= 15 is 0 Å². The van der Waals surface area contributed by atoms with Gasteiger partial charge in [-0.05, 0) is 25.1 Å². The van der Waals surface area contributed by atoms with Gasteiger partial charge in [-0.25, -0.2) is 4.79 Å². The van der Waals surface area contributed by atoms with Crippen molar-refractivity contribution in [3.05, 3.63) is 40.1 Å². The van der Waals surface area contributed by atoms with E-state index in [1.54, 1.807) is 24.5 Å². The largest absolute Gasteiger partial charge is 0.501 e. The second-order valence-corrected chi connectivity index (χ2v) is 3.81. The van der Waals surface area contributed by atoms with Gasteiger partial charge in [-0.15, -0.1) is 0 Å². The molecular formula is C12H13BrO3. The van der Waals surface area contributed by atoms with Gasteiger partial charge in [0.15, 0.2) is 0 Å². The molecule has 0 aliphatic carbocycles. The van der Waals surface area contributed by atoms with Crippen LogP contribution in [0.5, 0.6) is 0 Å². The third kappa shape index (κ3) is 3.10. The molecule has 1 aromatic rings. The Morgan fingerprint density at radius 3 is 2.88 bits per heavy atom. The van der Waals surface area contributed by atoms with E-state index in [0.717, 1.165) is 10.0 Å². The average Bonchev–Trinajstić information content (AvgIpc) is 2.30. The first kappa shape index (κ1) is 12.8. The molecule has 0 radical (unpaired) electrons. The molecule has 1 rings (SSSR count). The fraction of sp³-hybridized carbons (Fsp3) is 0.250. The minimum absolute atomic E-state index is 0.363. The molecule has 0 N–H and O–H groups in total. The molecule has 0 atom stereocenters. The maximum atomic E-state index is 11.5. The Balaban J connectivity index is 3.08. The summed E-state index contributed by atoms with van der Waals surface area (Å²) in [6.07, 6.45) is 3.30. The molecule has 0 unspecified atom stereocenters. The fourth-order valence-corrected chi connectivity index (χ4v) is 1.71. The van der Waals surface area contributed by atoms with Crippen molar-refractivity contribution in [3.8, 4) is 0 Å². The van der Waals surface area contributed by atoms with Gasteiger partial charge in [-0.2, -0.15) is 0 Å². The molecule has 0 amide bonds. The monoisotopic (exact) mass is 284 g/mol. The first-order valence-electron chi connectivity index (χ1n) is 4.85. The lowest BCUT2D eigenvalue weighted by Gasteiger charge is -2.06. The third-order valence-corrected chi connectivity index (χ3v) is 2.65. The summed E-state index contributed by atoms with van der Waals surface area (Å²) in [4.78, 5) is 11.5. The number of rotatable bonds is 4. The summed E-state index contributed by atoms with van der Waals surface area (Å²) in [5, 5.41) is 0. The van der Waals surface area contributed by atoms with Crippen molar-refractivity contribution in [3.63, 3.8) is 0 Å². The van der Waals surface area contributed by atoms with Gasteiger partial charge in [-0.1, -0.05) is 22.0 Å². The van der Waals surface area contributed by atoms with Gasteiger partial charge in [-0.3, -0.25) is 0 Å². The van der Waals surface area contributed by atoms with Crippen LogP contribution >= 0.6 is 15.9 Å². The summed E-state index contributed by atoms with van der Waals surface area (Å²) in [7, 11) is 1.36. The van der Waals surface area contributed by atoms with Crippen LogP contribution in [0.25, 0.3) is 6.08 Å². The number of carbonyl (C=O) groups is 1. The van der Waals surface area contributed by atoms with Crippen molar-refractivity contribution in [1.82, 2.24) is 0 Å². The summed E-state index contributed by atoms with van der Waals surface area (Å²) in [6.45, 7) is 2.49. The Bertz CT molecular complexity index is 399. The molecule has 0 fully saturated rings. The molecule has 0 aliphatic heterocycles. The van der Waals surface area contributed by atoms with E-state index in [9.17, 15) is 4.79 Å². The number of methoxy groups -OCH3 is 1. The fourth-order valence-electron chi connectivity index (χ4n) is 1.21.